The molecule has 1 heterocycles. The molecule has 1 saturated heterocycles. The van der Waals surface area contributed by atoms with Crippen molar-refractivity contribution < 1.29 is 14.5 Å². The predicted octanol–water partition coefficient (Wildman–Crippen LogP) is 3.76. The molecule has 1 aliphatic carbocycles. The molecule has 7 nitrogen and oxygen atoms in total. The van der Waals surface area contributed by atoms with Gasteiger partial charge in [0.25, 0.3) is 5.69 Å². The zero-order chi connectivity index (χ0) is 22.0. The summed E-state index contributed by atoms with van der Waals surface area (Å²) >= 11 is 0. The minimum atomic E-state index is -0.426. The molecule has 0 aromatic heterocycles. The monoisotopic (exact) mass is 423 g/mol. The van der Waals surface area contributed by atoms with Crippen LogP contribution in [-0.4, -0.2) is 53.9 Å². The molecule has 1 aliphatic heterocycles. The SMILES string of the molecule is COc1cccc2c1CC[C@H](N1CCCC1)[C@H]2N(C)C(=O)Cc1cccc([N+](=O)[O-])c1. The molecule has 7 heteroatoms. The smallest absolute Gasteiger partial charge is 0.269 e. The molecule has 31 heavy (non-hydrogen) atoms. The molecule has 2 aromatic rings. The van der Waals surface area contributed by atoms with Gasteiger partial charge in [-0.3, -0.25) is 19.8 Å². The number of nitrogens with zero attached hydrogens (tertiary/aromatic N) is 3. The van der Waals surface area contributed by atoms with E-state index in [0.717, 1.165) is 37.2 Å². The normalized spacial score (nSPS) is 20.8. The van der Waals surface area contributed by atoms with Crippen LogP contribution >= 0.6 is 0 Å². The number of benzene rings is 2. The molecule has 0 N–H and O–H groups in total. The van der Waals surface area contributed by atoms with Gasteiger partial charge in [-0.05, 0) is 61.5 Å². The van der Waals surface area contributed by atoms with Gasteiger partial charge in [0.1, 0.15) is 5.75 Å². The van der Waals surface area contributed by atoms with Crippen LogP contribution in [0.1, 0.15) is 42.0 Å². The van der Waals surface area contributed by atoms with Crippen LogP contribution in [0.2, 0.25) is 0 Å². The second kappa shape index (κ2) is 9.06. The van der Waals surface area contributed by atoms with E-state index >= 15 is 0 Å². The third kappa shape index (κ3) is 4.28. The molecule has 0 saturated carbocycles. The summed E-state index contributed by atoms with van der Waals surface area (Å²) in [6.45, 7) is 2.13. The summed E-state index contributed by atoms with van der Waals surface area (Å²) in [7, 11) is 3.55. The van der Waals surface area contributed by atoms with E-state index in [-0.39, 0.29) is 30.1 Å². The van der Waals surface area contributed by atoms with Crippen molar-refractivity contribution in [3.05, 3.63) is 69.3 Å². The zero-order valence-electron chi connectivity index (χ0n) is 18.1. The summed E-state index contributed by atoms with van der Waals surface area (Å²) in [4.78, 5) is 28.4. The first-order valence-electron chi connectivity index (χ1n) is 10.9. The highest BCUT2D eigenvalue weighted by molar-refractivity contribution is 5.79. The van der Waals surface area contributed by atoms with Gasteiger partial charge < -0.3 is 9.64 Å². The van der Waals surface area contributed by atoms with Gasteiger partial charge in [-0.1, -0.05) is 24.3 Å². The first kappa shape index (κ1) is 21.3. The minimum absolute atomic E-state index is 0.00986. The zero-order valence-corrected chi connectivity index (χ0v) is 18.1. The molecule has 0 spiro atoms. The number of likely N-dealkylation sites (tertiary alicyclic amines) is 1. The van der Waals surface area contributed by atoms with Gasteiger partial charge in [-0.25, -0.2) is 0 Å². The Morgan fingerprint density at radius 2 is 1.97 bits per heavy atom. The fourth-order valence-electron chi connectivity index (χ4n) is 5.13. The van der Waals surface area contributed by atoms with E-state index in [1.165, 1.54) is 30.5 Å². The minimum Gasteiger partial charge on any atom is -0.496 e. The topological polar surface area (TPSA) is 75.9 Å². The molecule has 0 unspecified atom stereocenters. The Hall–Kier alpha value is -2.93. The summed E-state index contributed by atoms with van der Waals surface area (Å²) in [6, 6.07) is 12.6. The van der Waals surface area contributed by atoms with Gasteiger partial charge in [-0.2, -0.15) is 0 Å². The predicted molar refractivity (Wildman–Crippen MR) is 118 cm³/mol. The van der Waals surface area contributed by atoms with Crippen molar-refractivity contribution in [2.75, 3.05) is 27.2 Å². The van der Waals surface area contributed by atoms with Gasteiger partial charge in [0.15, 0.2) is 0 Å². The summed E-state index contributed by atoms with van der Waals surface area (Å²) in [5.74, 6) is 0.840. The van der Waals surface area contributed by atoms with Crippen LogP contribution in [0.5, 0.6) is 5.75 Å². The van der Waals surface area contributed by atoms with Crippen molar-refractivity contribution in [3.63, 3.8) is 0 Å². The molecule has 164 valence electrons. The van der Waals surface area contributed by atoms with E-state index in [0.29, 0.717) is 5.56 Å². The van der Waals surface area contributed by atoms with E-state index < -0.39 is 4.92 Å². The Bertz CT molecular complexity index is 971. The van der Waals surface area contributed by atoms with Gasteiger partial charge in [0.2, 0.25) is 5.91 Å². The summed E-state index contributed by atoms with van der Waals surface area (Å²) in [6.07, 6.45) is 4.44. The molecule has 4 rings (SSSR count). The van der Waals surface area contributed by atoms with Crippen molar-refractivity contribution >= 4 is 11.6 Å². The third-order valence-corrected chi connectivity index (χ3v) is 6.66. The number of ether oxygens (including phenoxy) is 1. The molecule has 1 amide bonds. The highest BCUT2D eigenvalue weighted by Crippen LogP contribution is 2.41. The highest BCUT2D eigenvalue weighted by atomic mass is 16.6. The number of carbonyl (C=O) groups excluding carboxylic acids is 1. The molecule has 1 fully saturated rings. The van der Waals surface area contributed by atoms with Crippen molar-refractivity contribution in [1.29, 1.82) is 0 Å². The average Bonchev–Trinajstić information content (AvgIpc) is 3.32. The Kier molecular flexibility index (Phi) is 6.23. The fraction of sp³-hybridized carbons (Fsp3) is 0.458. The lowest BCUT2D eigenvalue weighted by molar-refractivity contribution is -0.384. The summed E-state index contributed by atoms with van der Waals surface area (Å²) in [5, 5.41) is 11.1. The first-order valence-corrected chi connectivity index (χ1v) is 10.9. The van der Waals surface area contributed by atoms with E-state index in [1.54, 1.807) is 19.2 Å². The highest BCUT2D eigenvalue weighted by Gasteiger charge is 2.39. The molecule has 0 bridgehead atoms. The van der Waals surface area contributed by atoms with Crippen molar-refractivity contribution in [2.45, 2.75) is 44.2 Å². The number of fused-ring (bicyclic) bond motifs is 1. The van der Waals surface area contributed by atoms with Gasteiger partial charge in [0, 0.05) is 25.2 Å². The van der Waals surface area contributed by atoms with Crippen molar-refractivity contribution in [3.8, 4) is 5.75 Å². The van der Waals surface area contributed by atoms with Crippen LogP contribution in [-0.2, 0) is 17.6 Å². The van der Waals surface area contributed by atoms with Gasteiger partial charge in [0.05, 0.1) is 24.5 Å². The lowest BCUT2D eigenvalue weighted by Crippen LogP contribution is -2.48. The number of carbonyl (C=O) groups is 1. The van der Waals surface area contributed by atoms with Crippen LogP contribution in [0.4, 0.5) is 5.69 Å². The van der Waals surface area contributed by atoms with Crippen LogP contribution in [0.3, 0.4) is 0 Å². The maximum Gasteiger partial charge on any atom is 0.269 e. The van der Waals surface area contributed by atoms with Gasteiger partial charge in [-0.15, -0.1) is 0 Å². The fourth-order valence-corrected chi connectivity index (χ4v) is 5.13. The van der Waals surface area contributed by atoms with Gasteiger partial charge >= 0.3 is 0 Å². The number of non-ortho nitro benzene ring substituents is 1. The van der Waals surface area contributed by atoms with Crippen LogP contribution < -0.4 is 4.74 Å². The molecule has 2 aliphatic rings. The van der Waals surface area contributed by atoms with Crippen LogP contribution in [0.15, 0.2) is 42.5 Å². The second-order valence-corrected chi connectivity index (χ2v) is 8.43. The summed E-state index contributed by atoms with van der Waals surface area (Å²) in [5.41, 5.74) is 3.00. The van der Waals surface area contributed by atoms with Crippen molar-refractivity contribution in [2.24, 2.45) is 0 Å². The van der Waals surface area contributed by atoms with E-state index in [4.69, 9.17) is 4.74 Å². The molecule has 0 radical (unpaired) electrons. The average molecular weight is 424 g/mol. The number of nitro benzene ring substituents is 1. The molecule has 2 aromatic carbocycles. The quantitative estimate of drug-likeness (QED) is 0.522. The molecular formula is C24H29N3O4. The number of rotatable bonds is 6. The maximum absolute atomic E-state index is 13.3. The van der Waals surface area contributed by atoms with E-state index in [9.17, 15) is 14.9 Å². The number of methoxy groups -OCH3 is 1. The third-order valence-electron chi connectivity index (χ3n) is 6.66. The Morgan fingerprint density at radius 1 is 1.23 bits per heavy atom. The number of nitro groups is 1. The van der Waals surface area contributed by atoms with Crippen molar-refractivity contribution in [1.82, 2.24) is 9.80 Å². The Balaban J connectivity index is 1.64. The summed E-state index contributed by atoms with van der Waals surface area (Å²) < 4.78 is 5.61. The van der Waals surface area contributed by atoms with E-state index in [1.807, 2.05) is 24.1 Å². The first-order chi connectivity index (χ1) is 15.0. The second-order valence-electron chi connectivity index (χ2n) is 8.43. The molecule has 2 atom stereocenters. The maximum atomic E-state index is 13.3. The number of hydrogen-bond acceptors (Lipinski definition) is 5. The number of likely N-dealkylation sites (N-methyl/N-ethyl adjacent to an activating group) is 1. The Labute approximate surface area is 182 Å². The van der Waals surface area contributed by atoms with E-state index in [2.05, 4.69) is 11.0 Å². The lowest BCUT2D eigenvalue weighted by Gasteiger charge is -2.44. The van der Waals surface area contributed by atoms with Crippen LogP contribution in [0.25, 0.3) is 0 Å². The lowest BCUT2D eigenvalue weighted by atomic mass is 9.81. The number of hydrogen-bond donors (Lipinski definition) is 0. The standard InChI is InChI=1S/C24H29N3O4/c1-25(23(28)16-17-7-5-8-18(15-17)27(29)30)24-20-9-6-10-22(31-2)19(20)11-12-21(24)26-13-3-4-14-26/h5-10,15,21,24H,3-4,11-14,16H2,1-2H3/t21-,24-/m0/s1. The van der Waals surface area contributed by atoms with Crippen LogP contribution in [0, 0.1) is 10.1 Å². The number of amides is 1. The largest absolute Gasteiger partial charge is 0.496 e. The Morgan fingerprint density at radius 3 is 2.68 bits per heavy atom. The molecular weight excluding hydrogens is 394 g/mol.